The number of nitrogens with zero attached hydrogens (tertiary/aromatic N) is 2. The van der Waals surface area contributed by atoms with Crippen LogP contribution in [0.1, 0.15) is 38.5 Å². The summed E-state index contributed by atoms with van der Waals surface area (Å²) in [4.78, 5) is 29.6. The number of rotatable bonds is 5. The predicted molar refractivity (Wildman–Crippen MR) is 114 cm³/mol. The van der Waals surface area contributed by atoms with E-state index in [1.165, 1.54) is 6.07 Å². The summed E-state index contributed by atoms with van der Waals surface area (Å²) in [6.45, 7) is 2.39. The van der Waals surface area contributed by atoms with Gasteiger partial charge in [0.15, 0.2) is 0 Å². The number of hydrogen-bond acceptors (Lipinski definition) is 4. The third-order valence-electron chi connectivity index (χ3n) is 6.82. The molecule has 1 aromatic carbocycles. The van der Waals surface area contributed by atoms with E-state index in [-0.39, 0.29) is 23.0 Å². The first kappa shape index (κ1) is 19.2. The molecule has 0 aromatic heterocycles. The number of hydrogen-bond donors (Lipinski definition) is 1. The maximum absolute atomic E-state index is 14.7. The lowest BCUT2D eigenvalue weighted by atomic mass is 10.0. The summed E-state index contributed by atoms with van der Waals surface area (Å²) < 4.78 is 14.7. The normalized spacial score (nSPS) is 25.3. The van der Waals surface area contributed by atoms with Gasteiger partial charge in [0, 0.05) is 43.2 Å². The molecule has 1 N–H and O–H groups in total. The topological polar surface area (TPSA) is 52.7 Å². The van der Waals surface area contributed by atoms with Crippen LogP contribution in [0.4, 0.5) is 15.8 Å². The van der Waals surface area contributed by atoms with Crippen LogP contribution in [0.3, 0.4) is 0 Å². The van der Waals surface area contributed by atoms with Crippen molar-refractivity contribution in [2.24, 2.45) is 11.3 Å². The Hall–Kier alpha value is -1.76. The molecule has 0 radical (unpaired) electrons. The summed E-state index contributed by atoms with van der Waals surface area (Å²) >= 11 is 1.89. The van der Waals surface area contributed by atoms with Crippen LogP contribution < -0.4 is 10.2 Å². The van der Waals surface area contributed by atoms with E-state index in [0.717, 1.165) is 56.7 Å². The second-order valence-electron chi connectivity index (χ2n) is 9.14. The van der Waals surface area contributed by atoms with E-state index in [1.54, 1.807) is 17.0 Å². The van der Waals surface area contributed by atoms with Crippen LogP contribution >= 0.6 is 11.8 Å². The van der Waals surface area contributed by atoms with Gasteiger partial charge in [0.1, 0.15) is 11.9 Å². The fourth-order valence-corrected chi connectivity index (χ4v) is 5.55. The molecule has 156 valence electrons. The summed E-state index contributed by atoms with van der Waals surface area (Å²) in [5.41, 5.74) is 1.22. The third kappa shape index (κ3) is 4.11. The fourth-order valence-electron chi connectivity index (χ4n) is 4.65. The predicted octanol–water partition coefficient (Wildman–Crippen LogP) is 3.50. The van der Waals surface area contributed by atoms with Crippen molar-refractivity contribution in [2.75, 3.05) is 41.4 Å². The van der Waals surface area contributed by atoms with E-state index in [2.05, 4.69) is 10.2 Å². The van der Waals surface area contributed by atoms with Gasteiger partial charge < -0.3 is 15.1 Å². The number of likely N-dealkylation sites (tertiary alicyclic amines) is 1. The van der Waals surface area contributed by atoms with Crippen molar-refractivity contribution in [3.63, 3.8) is 0 Å². The quantitative estimate of drug-likeness (QED) is 0.797. The van der Waals surface area contributed by atoms with Crippen LogP contribution in [0.2, 0.25) is 0 Å². The number of benzene rings is 1. The molecule has 0 bridgehead atoms. The second-order valence-corrected chi connectivity index (χ2v) is 10.4. The third-order valence-corrected chi connectivity index (χ3v) is 7.76. The first-order valence-corrected chi connectivity index (χ1v) is 11.9. The van der Waals surface area contributed by atoms with Gasteiger partial charge in [-0.1, -0.05) is 0 Å². The smallest absolute Gasteiger partial charge is 0.247 e. The number of halogens is 1. The molecule has 5 rings (SSSR count). The van der Waals surface area contributed by atoms with Crippen molar-refractivity contribution in [1.82, 2.24) is 4.90 Å². The Balaban J connectivity index is 1.27. The minimum Gasteiger partial charge on any atom is -0.368 e. The van der Waals surface area contributed by atoms with Crippen molar-refractivity contribution in [3.05, 3.63) is 24.0 Å². The van der Waals surface area contributed by atoms with Gasteiger partial charge in [0.25, 0.3) is 0 Å². The average Bonchev–Trinajstić information content (AvgIpc) is 3.62. The molecule has 29 heavy (non-hydrogen) atoms. The fraction of sp³-hybridized carbons (Fsp3) is 0.636. The molecule has 5 nitrogen and oxygen atoms in total. The first-order chi connectivity index (χ1) is 14.0. The zero-order chi connectivity index (χ0) is 20.0. The van der Waals surface area contributed by atoms with Crippen LogP contribution in [0.5, 0.6) is 0 Å². The van der Waals surface area contributed by atoms with Crippen LogP contribution in [-0.2, 0) is 9.59 Å². The van der Waals surface area contributed by atoms with E-state index in [0.29, 0.717) is 30.3 Å². The minimum atomic E-state index is -0.425. The summed E-state index contributed by atoms with van der Waals surface area (Å²) in [6, 6.07) is 4.52. The number of thioether (sulfide) groups is 1. The van der Waals surface area contributed by atoms with Crippen molar-refractivity contribution in [1.29, 1.82) is 0 Å². The van der Waals surface area contributed by atoms with Crippen LogP contribution in [0.25, 0.3) is 0 Å². The van der Waals surface area contributed by atoms with Gasteiger partial charge in [-0.15, -0.1) is 0 Å². The zero-order valence-corrected chi connectivity index (χ0v) is 17.5. The average molecular weight is 418 g/mol. The molecule has 1 atom stereocenters. The molecule has 1 spiro atoms. The van der Waals surface area contributed by atoms with Crippen molar-refractivity contribution >= 4 is 35.0 Å². The zero-order valence-electron chi connectivity index (χ0n) is 16.7. The molecule has 2 saturated carbocycles. The molecular weight excluding hydrogens is 389 g/mol. The molecule has 2 saturated heterocycles. The van der Waals surface area contributed by atoms with E-state index in [9.17, 15) is 14.0 Å². The summed E-state index contributed by atoms with van der Waals surface area (Å²) in [7, 11) is 0. The van der Waals surface area contributed by atoms with Crippen LogP contribution in [0, 0.1) is 17.2 Å². The van der Waals surface area contributed by atoms with Gasteiger partial charge in [-0.25, -0.2) is 4.39 Å². The molecule has 7 heteroatoms. The maximum Gasteiger partial charge on any atom is 0.247 e. The monoisotopic (exact) mass is 417 g/mol. The second kappa shape index (κ2) is 7.49. The lowest BCUT2D eigenvalue weighted by Gasteiger charge is -2.29. The Bertz CT molecular complexity index is 818. The largest absolute Gasteiger partial charge is 0.368 e. The van der Waals surface area contributed by atoms with Gasteiger partial charge in [-0.2, -0.15) is 11.8 Å². The molecule has 1 aromatic rings. The first-order valence-electron chi connectivity index (χ1n) is 10.8. The highest BCUT2D eigenvalue weighted by Gasteiger charge is 2.55. The SMILES string of the molecule is O=C(Nc1ccc(N2CCSCC2)c(F)c1)[C@H]1CC2(CC2)CN1C(=O)CC1CC1. The maximum atomic E-state index is 14.7. The summed E-state index contributed by atoms with van der Waals surface area (Å²) in [5.74, 6) is 2.15. The number of amides is 2. The van der Waals surface area contributed by atoms with E-state index >= 15 is 0 Å². The Kier molecular flexibility index (Phi) is 4.96. The van der Waals surface area contributed by atoms with Gasteiger partial charge in [0.05, 0.1) is 5.69 Å². The van der Waals surface area contributed by atoms with Crippen molar-refractivity contribution < 1.29 is 14.0 Å². The van der Waals surface area contributed by atoms with Gasteiger partial charge in [-0.3, -0.25) is 9.59 Å². The molecule has 2 heterocycles. The Morgan fingerprint density at radius 3 is 2.62 bits per heavy atom. The molecule has 2 aliphatic heterocycles. The number of anilines is 2. The molecule has 2 aliphatic carbocycles. The highest BCUT2D eigenvalue weighted by Crippen LogP contribution is 2.55. The molecule has 0 unspecified atom stereocenters. The number of carbonyl (C=O) groups is 2. The summed E-state index contributed by atoms with van der Waals surface area (Å²) in [5, 5.41) is 2.88. The Morgan fingerprint density at radius 2 is 1.97 bits per heavy atom. The summed E-state index contributed by atoms with van der Waals surface area (Å²) in [6.07, 6.45) is 5.76. The van der Waals surface area contributed by atoms with Gasteiger partial charge in [-0.05, 0) is 61.6 Å². The molecular formula is C22H28FN3O2S. The van der Waals surface area contributed by atoms with Crippen LogP contribution in [0.15, 0.2) is 18.2 Å². The van der Waals surface area contributed by atoms with Crippen LogP contribution in [-0.4, -0.2) is 53.9 Å². The number of nitrogens with one attached hydrogen (secondary N) is 1. The molecule has 4 aliphatic rings. The van der Waals surface area contributed by atoms with E-state index < -0.39 is 6.04 Å². The van der Waals surface area contributed by atoms with E-state index in [4.69, 9.17) is 0 Å². The molecule has 4 fully saturated rings. The highest BCUT2D eigenvalue weighted by atomic mass is 32.2. The highest BCUT2D eigenvalue weighted by molar-refractivity contribution is 7.99. The number of carbonyl (C=O) groups excluding carboxylic acids is 2. The van der Waals surface area contributed by atoms with Crippen molar-refractivity contribution in [2.45, 2.75) is 44.6 Å². The van der Waals surface area contributed by atoms with Gasteiger partial charge in [0.2, 0.25) is 11.8 Å². The minimum absolute atomic E-state index is 0.112. The lowest BCUT2D eigenvalue weighted by molar-refractivity contribution is -0.137. The standard InChI is InChI=1S/C22H28FN3O2S/c23-17-12-16(3-4-18(17)25-7-9-29-10-8-25)24-21(28)19-13-22(5-6-22)14-26(19)20(27)11-15-1-2-15/h3-4,12,15,19H,1-2,5-11,13-14H2,(H,24,28)/t19-/m1/s1. The van der Waals surface area contributed by atoms with Crippen molar-refractivity contribution in [3.8, 4) is 0 Å². The van der Waals surface area contributed by atoms with Gasteiger partial charge >= 0.3 is 0 Å². The Labute approximate surface area is 175 Å². The Morgan fingerprint density at radius 1 is 1.21 bits per heavy atom. The molecule has 2 amide bonds. The van der Waals surface area contributed by atoms with E-state index in [1.807, 2.05) is 11.8 Å². The lowest BCUT2D eigenvalue weighted by Crippen LogP contribution is -2.43.